The van der Waals surface area contributed by atoms with Crippen LogP contribution in [0.5, 0.6) is 0 Å². The van der Waals surface area contributed by atoms with Crippen molar-refractivity contribution in [3.63, 3.8) is 0 Å². The first-order valence-corrected chi connectivity index (χ1v) is 10.4. The fourth-order valence-electron chi connectivity index (χ4n) is 3.87. The molecule has 0 bridgehead atoms. The predicted octanol–water partition coefficient (Wildman–Crippen LogP) is 4.14. The third-order valence-electron chi connectivity index (χ3n) is 5.36. The Morgan fingerprint density at radius 3 is 2.69 bits per heavy atom. The lowest BCUT2D eigenvalue weighted by atomic mass is 9.97. The Bertz CT molecular complexity index is 928. The van der Waals surface area contributed by atoms with Crippen LogP contribution in [0.1, 0.15) is 60.2 Å². The normalized spacial score (nSPS) is 17.1. The molecule has 1 amide bonds. The number of amides is 1. The third-order valence-corrected chi connectivity index (χ3v) is 5.36. The minimum Gasteiger partial charge on any atom is -0.350 e. The molecule has 29 heavy (non-hydrogen) atoms. The molecule has 4 rings (SSSR count). The van der Waals surface area contributed by atoms with Crippen LogP contribution in [-0.2, 0) is 13.0 Å². The summed E-state index contributed by atoms with van der Waals surface area (Å²) in [4.78, 5) is 19.5. The Balaban J connectivity index is 1.40. The van der Waals surface area contributed by atoms with Gasteiger partial charge >= 0.3 is 0 Å². The van der Waals surface area contributed by atoms with Crippen molar-refractivity contribution in [3.05, 3.63) is 71.6 Å². The van der Waals surface area contributed by atoms with Crippen molar-refractivity contribution in [1.29, 1.82) is 0 Å². The Morgan fingerprint density at radius 1 is 1.21 bits per heavy atom. The largest absolute Gasteiger partial charge is 0.350 e. The van der Waals surface area contributed by atoms with Crippen LogP contribution in [0.4, 0.5) is 0 Å². The zero-order valence-corrected chi connectivity index (χ0v) is 17.1. The summed E-state index contributed by atoms with van der Waals surface area (Å²) >= 11 is 0. The summed E-state index contributed by atoms with van der Waals surface area (Å²) in [6.45, 7) is 6.49. The van der Waals surface area contributed by atoms with Gasteiger partial charge in [0.05, 0.1) is 5.92 Å². The van der Waals surface area contributed by atoms with E-state index in [0.29, 0.717) is 18.4 Å². The molecular formula is C23H28N4O2. The molecule has 1 aliphatic rings. The number of nitrogens with zero attached hydrogens (tertiary/aromatic N) is 4. The lowest BCUT2D eigenvalue weighted by Gasteiger charge is -2.31. The average Bonchev–Trinajstić information content (AvgIpc) is 3.40. The highest BCUT2D eigenvalue weighted by Crippen LogP contribution is 2.27. The van der Waals surface area contributed by atoms with Gasteiger partial charge in [-0.2, -0.15) is 4.98 Å². The summed E-state index contributed by atoms with van der Waals surface area (Å²) in [5.41, 5.74) is 1.91. The SMILES string of the molecule is CC(C)Cc1noc(C2CCCN(C(=O)c3ccc(Cn4cccc4)cc3)C2)n1. The van der Waals surface area contributed by atoms with Crippen molar-refractivity contribution in [2.45, 2.75) is 45.6 Å². The maximum atomic E-state index is 13.0. The average molecular weight is 393 g/mol. The van der Waals surface area contributed by atoms with E-state index in [1.165, 1.54) is 5.56 Å². The highest BCUT2D eigenvalue weighted by Gasteiger charge is 2.29. The van der Waals surface area contributed by atoms with Gasteiger partial charge in [0.1, 0.15) is 0 Å². The minimum atomic E-state index is 0.0733. The van der Waals surface area contributed by atoms with Gasteiger partial charge in [0, 0.05) is 44.0 Å². The first-order valence-electron chi connectivity index (χ1n) is 10.4. The minimum absolute atomic E-state index is 0.0733. The van der Waals surface area contributed by atoms with E-state index in [0.717, 1.165) is 43.7 Å². The number of carbonyl (C=O) groups excluding carboxylic acids is 1. The molecule has 1 unspecified atom stereocenters. The monoisotopic (exact) mass is 392 g/mol. The Morgan fingerprint density at radius 2 is 1.97 bits per heavy atom. The summed E-state index contributed by atoms with van der Waals surface area (Å²) < 4.78 is 7.62. The maximum Gasteiger partial charge on any atom is 0.253 e. The number of rotatable bonds is 6. The number of piperidine rings is 1. The molecule has 0 saturated carbocycles. The highest BCUT2D eigenvalue weighted by molar-refractivity contribution is 5.94. The number of carbonyl (C=O) groups is 1. The van der Waals surface area contributed by atoms with E-state index in [1.54, 1.807) is 0 Å². The molecule has 1 fully saturated rings. The van der Waals surface area contributed by atoms with Crippen LogP contribution in [0.2, 0.25) is 0 Å². The fourth-order valence-corrected chi connectivity index (χ4v) is 3.87. The molecule has 1 atom stereocenters. The van der Waals surface area contributed by atoms with Crippen LogP contribution < -0.4 is 0 Å². The molecule has 0 aliphatic carbocycles. The molecule has 1 saturated heterocycles. The summed E-state index contributed by atoms with van der Waals surface area (Å²) in [6, 6.07) is 12.0. The van der Waals surface area contributed by atoms with Gasteiger partial charge in [0.15, 0.2) is 5.82 Å². The van der Waals surface area contributed by atoms with Crippen LogP contribution in [-0.4, -0.2) is 38.6 Å². The summed E-state index contributed by atoms with van der Waals surface area (Å²) in [5.74, 6) is 2.11. The maximum absolute atomic E-state index is 13.0. The van der Waals surface area contributed by atoms with Crippen LogP contribution in [0.3, 0.4) is 0 Å². The Labute approximate surface area is 171 Å². The van der Waals surface area contributed by atoms with Gasteiger partial charge < -0.3 is 14.0 Å². The lowest BCUT2D eigenvalue weighted by Crippen LogP contribution is -2.39. The molecule has 0 spiro atoms. The molecule has 3 aromatic rings. The molecule has 152 valence electrons. The smallest absolute Gasteiger partial charge is 0.253 e. The number of likely N-dealkylation sites (tertiary alicyclic amines) is 1. The van der Waals surface area contributed by atoms with E-state index in [1.807, 2.05) is 53.7 Å². The Kier molecular flexibility index (Phi) is 5.79. The zero-order valence-electron chi connectivity index (χ0n) is 17.1. The van der Waals surface area contributed by atoms with Crippen LogP contribution in [0.15, 0.2) is 53.3 Å². The van der Waals surface area contributed by atoms with E-state index in [-0.39, 0.29) is 11.8 Å². The fraction of sp³-hybridized carbons (Fsp3) is 0.435. The van der Waals surface area contributed by atoms with Gasteiger partial charge in [-0.15, -0.1) is 0 Å². The Hall–Kier alpha value is -2.89. The molecule has 0 N–H and O–H groups in total. The van der Waals surface area contributed by atoms with E-state index >= 15 is 0 Å². The van der Waals surface area contributed by atoms with Gasteiger partial charge in [-0.25, -0.2) is 0 Å². The molecule has 6 nitrogen and oxygen atoms in total. The standard InChI is InChI=1S/C23H28N4O2/c1-17(2)14-21-24-22(29-25-21)20-6-5-13-27(16-20)23(28)19-9-7-18(8-10-19)15-26-11-3-4-12-26/h3-4,7-12,17,20H,5-6,13-16H2,1-2H3. The molecule has 1 aromatic carbocycles. The van der Waals surface area contributed by atoms with Crippen molar-refractivity contribution in [1.82, 2.24) is 19.6 Å². The molecular weight excluding hydrogens is 364 g/mol. The molecule has 2 aromatic heterocycles. The topological polar surface area (TPSA) is 64.2 Å². The van der Waals surface area contributed by atoms with Crippen molar-refractivity contribution in [3.8, 4) is 0 Å². The second kappa shape index (κ2) is 8.64. The van der Waals surface area contributed by atoms with Gasteiger partial charge in [-0.3, -0.25) is 4.79 Å². The molecule has 1 aliphatic heterocycles. The predicted molar refractivity (Wildman–Crippen MR) is 111 cm³/mol. The first kappa shape index (κ1) is 19.4. The van der Waals surface area contributed by atoms with Gasteiger partial charge in [-0.05, 0) is 48.6 Å². The van der Waals surface area contributed by atoms with Gasteiger partial charge in [0.2, 0.25) is 5.89 Å². The summed E-state index contributed by atoms with van der Waals surface area (Å²) in [6.07, 6.45) is 6.81. The van der Waals surface area contributed by atoms with Gasteiger partial charge in [0.25, 0.3) is 5.91 Å². The molecule has 6 heteroatoms. The summed E-state index contributed by atoms with van der Waals surface area (Å²) in [7, 11) is 0. The van der Waals surface area contributed by atoms with Crippen molar-refractivity contribution < 1.29 is 9.32 Å². The van der Waals surface area contributed by atoms with Crippen LogP contribution in [0.25, 0.3) is 0 Å². The number of aromatic nitrogens is 3. The highest BCUT2D eigenvalue weighted by atomic mass is 16.5. The van der Waals surface area contributed by atoms with Crippen molar-refractivity contribution in [2.24, 2.45) is 5.92 Å². The quantitative estimate of drug-likeness (QED) is 0.632. The number of hydrogen-bond acceptors (Lipinski definition) is 4. The first-order chi connectivity index (χ1) is 14.1. The van der Waals surface area contributed by atoms with E-state index in [2.05, 4.69) is 28.6 Å². The zero-order chi connectivity index (χ0) is 20.2. The van der Waals surface area contributed by atoms with E-state index in [4.69, 9.17) is 4.52 Å². The van der Waals surface area contributed by atoms with Crippen LogP contribution in [0, 0.1) is 5.92 Å². The number of hydrogen-bond donors (Lipinski definition) is 0. The summed E-state index contributed by atoms with van der Waals surface area (Å²) in [5, 5.41) is 4.11. The molecule has 3 heterocycles. The second-order valence-electron chi connectivity index (χ2n) is 8.29. The van der Waals surface area contributed by atoms with Crippen molar-refractivity contribution in [2.75, 3.05) is 13.1 Å². The van der Waals surface area contributed by atoms with Crippen molar-refractivity contribution >= 4 is 5.91 Å². The molecule has 0 radical (unpaired) electrons. The second-order valence-corrected chi connectivity index (χ2v) is 8.29. The van der Waals surface area contributed by atoms with Crippen LogP contribution >= 0.6 is 0 Å². The lowest BCUT2D eigenvalue weighted by molar-refractivity contribution is 0.0695. The van der Waals surface area contributed by atoms with Gasteiger partial charge in [-0.1, -0.05) is 31.1 Å². The van der Waals surface area contributed by atoms with E-state index < -0.39 is 0 Å². The van der Waals surface area contributed by atoms with E-state index in [9.17, 15) is 4.79 Å². The number of benzene rings is 1. The third kappa shape index (κ3) is 4.75.